The Bertz CT molecular complexity index is 1340. The van der Waals surface area contributed by atoms with E-state index in [0.717, 1.165) is 11.6 Å². The highest BCUT2D eigenvalue weighted by atomic mass is 16.7. The van der Waals surface area contributed by atoms with Crippen molar-refractivity contribution in [3.63, 3.8) is 0 Å². The fourth-order valence-corrected chi connectivity index (χ4v) is 5.06. The van der Waals surface area contributed by atoms with Gasteiger partial charge >= 0.3 is 5.97 Å². The van der Waals surface area contributed by atoms with Crippen LogP contribution in [-0.4, -0.2) is 131 Å². The Balaban J connectivity index is 1.52. The standard InChI is InChI=1S/C31H40O15/c1-15-24(36)25(37)26(38)31(43-15)46-29-27(39)30(42-11-10-17-5-8-19(34)21(13-17)41-3)44-22(14-32)28(29)45-23(35)9-6-16-4-7-18(33)20(12-16)40-2/h4-9,12-13,15,22,24-34,36-39H,10-11,14H2,1-3H3. The van der Waals surface area contributed by atoms with Gasteiger partial charge in [0.25, 0.3) is 0 Å². The number of benzene rings is 2. The summed E-state index contributed by atoms with van der Waals surface area (Å²) in [6, 6.07) is 9.10. The Morgan fingerprint density at radius 1 is 0.848 bits per heavy atom. The van der Waals surface area contributed by atoms with Crippen molar-refractivity contribution in [2.75, 3.05) is 27.4 Å². The molecule has 0 aromatic heterocycles. The number of esters is 1. The van der Waals surface area contributed by atoms with Crippen LogP contribution in [0.15, 0.2) is 42.5 Å². The minimum Gasteiger partial charge on any atom is -0.504 e. The average molecular weight is 653 g/mol. The van der Waals surface area contributed by atoms with E-state index in [1.54, 1.807) is 12.1 Å². The molecule has 10 unspecified atom stereocenters. The number of hydrogen-bond donors (Lipinski definition) is 7. The van der Waals surface area contributed by atoms with Gasteiger partial charge in [-0.3, -0.25) is 0 Å². The zero-order valence-corrected chi connectivity index (χ0v) is 25.4. The molecule has 2 aromatic carbocycles. The Morgan fingerprint density at radius 3 is 2.20 bits per heavy atom. The monoisotopic (exact) mass is 652 g/mol. The van der Waals surface area contributed by atoms with Gasteiger partial charge in [-0.15, -0.1) is 0 Å². The molecule has 7 N–H and O–H groups in total. The van der Waals surface area contributed by atoms with Crippen LogP contribution in [0.4, 0.5) is 0 Å². The molecule has 0 saturated carbocycles. The lowest BCUT2D eigenvalue weighted by molar-refractivity contribution is -0.357. The number of phenols is 2. The molecule has 0 amide bonds. The van der Waals surface area contributed by atoms with Gasteiger partial charge in [0.05, 0.1) is 33.5 Å². The lowest BCUT2D eigenvalue weighted by Gasteiger charge is -2.46. The van der Waals surface area contributed by atoms with E-state index in [1.165, 1.54) is 51.5 Å². The van der Waals surface area contributed by atoms with E-state index in [-0.39, 0.29) is 29.6 Å². The van der Waals surface area contributed by atoms with Crippen LogP contribution in [0.25, 0.3) is 6.08 Å². The highest BCUT2D eigenvalue weighted by Gasteiger charge is 2.52. The molecule has 10 atom stereocenters. The van der Waals surface area contributed by atoms with Crippen LogP contribution in [0.3, 0.4) is 0 Å². The fraction of sp³-hybridized carbons (Fsp3) is 0.516. The molecule has 15 nitrogen and oxygen atoms in total. The molecule has 2 fully saturated rings. The van der Waals surface area contributed by atoms with Crippen LogP contribution in [-0.2, 0) is 34.9 Å². The maximum atomic E-state index is 12.9. The smallest absolute Gasteiger partial charge is 0.331 e. The molecule has 2 aliphatic rings. The molecule has 0 spiro atoms. The first kappa shape index (κ1) is 35.3. The maximum Gasteiger partial charge on any atom is 0.331 e. The second-order valence-corrected chi connectivity index (χ2v) is 10.8. The first-order chi connectivity index (χ1) is 22.0. The molecule has 2 heterocycles. The van der Waals surface area contributed by atoms with Gasteiger partial charge in [0.15, 0.2) is 41.7 Å². The lowest BCUT2D eigenvalue weighted by Crippen LogP contribution is -2.65. The second kappa shape index (κ2) is 15.9. The molecular formula is C31H40O15. The third-order valence-corrected chi connectivity index (χ3v) is 7.68. The summed E-state index contributed by atoms with van der Waals surface area (Å²) in [4.78, 5) is 12.9. The quantitative estimate of drug-likeness (QED) is 0.114. The van der Waals surface area contributed by atoms with E-state index >= 15 is 0 Å². The van der Waals surface area contributed by atoms with E-state index in [9.17, 15) is 40.5 Å². The third-order valence-electron chi connectivity index (χ3n) is 7.68. The number of carbonyl (C=O) groups is 1. The van der Waals surface area contributed by atoms with Crippen molar-refractivity contribution < 1.29 is 73.7 Å². The molecule has 4 rings (SSSR count). The van der Waals surface area contributed by atoms with E-state index in [4.69, 9.17) is 33.2 Å². The zero-order valence-electron chi connectivity index (χ0n) is 25.4. The lowest BCUT2D eigenvalue weighted by atomic mass is 9.97. The molecule has 254 valence electrons. The van der Waals surface area contributed by atoms with E-state index in [2.05, 4.69) is 0 Å². The predicted molar refractivity (Wildman–Crippen MR) is 157 cm³/mol. The number of aromatic hydroxyl groups is 2. The van der Waals surface area contributed by atoms with E-state index in [0.29, 0.717) is 12.0 Å². The van der Waals surface area contributed by atoms with Gasteiger partial charge in [0, 0.05) is 6.08 Å². The number of methoxy groups -OCH3 is 2. The molecule has 2 aliphatic heterocycles. The molecule has 15 heteroatoms. The first-order valence-corrected chi connectivity index (χ1v) is 14.5. The summed E-state index contributed by atoms with van der Waals surface area (Å²) < 4.78 is 38.7. The van der Waals surface area contributed by atoms with Crippen LogP contribution in [0.1, 0.15) is 18.1 Å². The van der Waals surface area contributed by atoms with Crippen molar-refractivity contribution in [3.8, 4) is 23.0 Å². The van der Waals surface area contributed by atoms with Crippen LogP contribution in [0.5, 0.6) is 23.0 Å². The molecular weight excluding hydrogens is 612 g/mol. The average Bonchev–Trinajstić information content (AvgIpc) is 3.05. The van der Waals surface area contributed by atoms with Gasteiger partial charge in [0.2, 0.25) is 0 Å². The van der Waals surface area contributed by atoms with Gasteiger partial charge in [-0.1, -0.05) is 12.1 Å². The molecule has 0 radical (unpaired) electrons. The number of aliphatic hydroxyl groups excluding tert-OH is 5. The molecule has 0 bridgehead atoms. The van der Waals surface area contributed by atoms with Gasteiger partial charge in [-0.2, -0.15) is 0 Å². The molecule has 2 aromatic rings. The normalized spacial score (nSPS) is 31.5. The predicted octanol–water partition coefficient (Wildman–Crippen LogP) is -0.410. The van der Waals surface area contributed by atoms with Gasteiger partial charge < -0.3 is 68.9 Å². The highest BCUT2D eigenvalue weighted by molar-refractivity contribution is 5.87. The van der Waals surface area contributed by atoms with Crippen molar-refractivity contribution in [1.82, 2.24) is 0 Å². The Kier molecular flexibility index (Phi) is 12.2. The minimum absolute atomic E-state index is 0.00565. The zero-order chi connectivity index (χ0) is 33.5. The minimum atomic E-state index is -1.75. The summed E-state index contributed by atoms with van der Waals surface area (Å²) in [5, 5.41) is 72.1. The number of hydrogen-bond acceptors (Lipinski definition) is 15. The Labute approximate surface area is 264 Å². The van der Waals surface area contributed by atoms with Crippen molar-refractivity contribution in [2.24, 2.45) is 0 Å². The van der Waals surface area contributed by atoms with Crippen molar-refractivity contribution in [3.05, 3.63) is 53.6 Å². The maximum absolute atomic E-state index is 12.9. The SMILES string of the molecule is COc1cc(C=CC(=O)OC2C(CO)OC(OCCc3ccc(O)c(OC)c3)C(O)C2OC2OC(C)C(O)C(O)C2O)ccc1O. The van der Waals surface area contributed by atoms with Crippen LogP contribution >= 0.6 is 0 Å². The van der Waals surface area contributed by atoms with Crippen LogP contribution in [0.2, 0.25) is 0 Å². The number of phenolic OH excluding ortho intramolecular Hbond substituents is 2. The summed E-state index contributed by atoms with van der Waals surface area (Å²) in [6.07, 6.45) is -12.0. The van der Waals surface area contributed by atoms with E-state index < -0.39 is 74.0 Å². The Morgan fingerprint density at radius 2 is 1.52 bits per heavy atom. The number of ether oxygens (including phenoxy) is 7. The molecule has 46 heavy (non-hydrogen) atoms. The summed E-state index contributed by atoms with van der Waals surface area (Å²) in [5.74, 6) is -0.622. The first-order valence-electron chi connectivity index (χ1n) is 14.5. The van der Waals surface area contributed by atoms with Crippen molar-refractivity contribution in [1.29, 1.82) is 0 Å². The topological polar surface area (TPSA) is 223 Å². The van der Waals surface area contributed by atoms with Crippen LogP contribution < -0.4 is 9.47 Å². The summed E-state index contributed by atoms with van der Waals surface area (Å²) >= 11 is 0. The Hall–Kier alpha value is -3.51. The molecule has 0 aliphatic carbocycles. The fourth-order valence-electron chi connectivity index (χ4n) is 5.06. The summed E-state index contributed by atoms with van der Waals surface area (Å²) in [5.41, 5.74) is 1.22. The summed E-state index contributed by atoms with van der Waals surface area (Å²) in [7, 11) is 2.78. The number of aliphatic hydroxyl groups is 5. The summed E-state index contributed by atoms with van der Waals surface area (Å²) in [6.45, 7) is 0.733. The van der Waals surface area contributed by atoms with Crippen molar-refractivity contribution in [2.45, 2.75) is 74.8 Å². The van der Waals surface area contributed by atoms with Crippen molar-refractivity contribution >= 4 is 12.0 Å². The van der Waals surface area contributed by atoms with E-state index in [1.807, 2.05) is 0 Å². The number of rotatable bonds is 12. The third kappa shape index (κ3) is 8.25. The van der Waals surface area contributed by atoms with Gasteiger partial charge in [-0.25, -0.2) is 4.79 Å². The van der Waals surface area contributed by atoms with Crippen LogP contribution in [0, 0.1) is 0 Å². The number of carbonyl (C=O) groups excluding carboxylic acids is 1. The largest absolute Gasteiger partial charge is 0.504 e. The van der Waals surface area contributed by atoms with Gasteiger partial charge in [-0.05, 0) is 54.8 Å². The second-order valence-electron chi connectivity index (χ2n) is 10.8. The van der Waals surface area contributed by atoms with Gasteiger partial charge in [0.1, 0.15) is 36.6 Å². The highest BCUT2D eigenvalue weighted by Crippen LogP contribution is 2.32. The molecule has 2 saturated heterocycles.